The van der Waals surface area contributed by atoms with Crippen molar-refractivity contribution in [1.82, 2.24) is 0 Å². The van der Waals surface area contributed by atoms with Gasteiger partial charge in [0, 0.05) is 5.39 Å². The molecule has 0 aliphatic rings. The molecule has 0 spiro atoms. The van der Waals surface area contributed by atoms with E-state index in [0.29, 0.717) is 18.4 Å². The van der Waals surface area contributed by atoms with E-state index in [4.69, 9.17) is 11.6 Å². The maximum atomic E-state index is 14.5. The highest BCUT2D eigenvalue weighted by atomic mass is 35.5. The molecule has 0 aromatic heterocycles. The number of hydrogen-bond donors (Lipinski definition) is 0. The molecule has 0 heterocycles. The van der Waals surface area contributed by atoms with Gasteiger partial charge in [-0.3, -0.25) is 0 Å². The van der Waals surface area contributed by atoms with Crippen molar-refractivity contribution in [3.63, 3.8) is 0 Å². The van der Waals surface area contributed by atoms with Crippen molar-refractivity contribution in [2.45, 2.75) is 38.7 Å². The molecule has 7 heteroatoms. The average Bonchev–Trinajstić information content (AvgIpc) is 2.64. The quantitative estimate of drug-likeness (QED) is 0.276. The van der Waals surface area contributed by atoms with Crippen molar-refractivity contribution in [2.75, 3.05) is 0 Å². The highest BCUT2D eigenvalue weighted by Gasteiger charge is 2.41. The maximum absolute atomic E-state index is 14.5. The predicted molar refractivity (Wildman–Crippen MR) is 103 cm³/mol. The van der Waals surface area contributed by atoms with Crippen LogP contribution in [0.5, 0.6) is 5.75 Å². The fourth-order valence-electron chi connectivity index (χ4n) is 3.13. The molecule has 0 aliphatic heterocycles. The van der Waals surface area contributed by atoms with E-state index in [1.54, 1.807) is 0 Å². The second kappa shape index (κ2) is 8.57. The Morgan fingerprint density at radius 1 is 0.931 bits per heavy atom. The van der Waals surface area contributed by atoms with Gasteiger partial charge in [0.05, 0.1) is 5.02 Å². The first-order chi connectivity index (χ1) is 13.7. The fourth-order valence-corrected chi connectivity index (χ4v) is 3.30. The minimum Gasteiger partial charge on any atom is -0.429 e. The number of hydrogen-bond acceptors (Lipinski definition) is 1. The van der Waals surface area contributed by atoms with E-state index >= 15 is 0 Å². The summed E-state index contributed by atoms with van der Waals surface area (Å²) in [5.41, 5.74) is -1.15. The van der Waals surface area contributed by atoms with E-state index < -0.39 is 29.1 Å². The Labute approximate surface area is 170 Å². The molecule has 1 nitrogen and oxygen atoms in total. The third-order valence-electron chi connectivity index (χ3n) is 4.59. The van der Waals surface area contributed by atoms with Crippen LogP contribution in [-0.4, -0.2) is 0 Å². The van der Waals surface area contributed by atoms with Gasteiger partial charge in [-0.05, 0) is 60.2 Å². The number of benzene rings is 3. The number of aryl methyl sites for hydroxylation is 1. The van der Waals surface area contributed by atoms with Crippen LogP contribution in [-0.2, 0) is 12.5 Å². The normalized spacial score (nSPS) is 11.8. The minimum atomic E-state index is -4.26. The lowest BCUT2D eigenvalue weighted by Crippen LogP contribution is -2.25. The topological polar surface area (TPSA) is 9.23 Å². The molecule has 29 heavy (non-hydrogen) atoms. The zero-order valence-corrected chi connectivity index (χ0v) is 16.3. The van der Waals surface area contributed by atoms with E-state index in [0.717, 1.165) is 37.1 Å². The van der Waals surface area contributed by atoms with Crippen LogP contribution >= 0.6 is 11.6 Å². The lowest BCUT2D eigenvalue weighted by Gasteiger charge is -2.20. The van der Waals surface area contributed by atoms with Crippen LogP contribution in [0.2, 0.25) is 5.02 Å². The highest BCUT2D eigenvalue weighted by Crippen LogP contribution is 2.37. The van der Waals surface area contributed by atoms with Crippen molar-refractivity contribution >= 4 is 22.4 Å². The van der Waals surface area contributed by atoms with E-state index in [9.17, 15) is 22.0 Å². The summed E-state index contributed by atoms with van der Waals surface area (Å²) in [5.74, 6) is -3.81. The lowest BCUT2D eigenvalue weighted by molar-refractivity contribution is -0.189. The Bertz CT molecular complexity index is 1010. The molecule has 0 aliphatic carbocycles. The fraction of sp³-hybridized carbons (Fsp3) is 0.273. The standard InChI is InChI=1S/C22H18ClF5O/c1-2-3-4-5-13-10-18(24)20(19(25)11-13)22(27,28)29-15-7-8-16-14(12-15)6-9-17(23)21(16)26/h6-12H,2-5H2,1H3. The van der Waals surface area contributed by atoms with Gasteiger partial charge in [-0.2, -0.15) is 8.78 Å². The van der Waals surface area contributed by atoms with Gasteiger partial charge >= 0.3 is 6.11 Å². The number of fused-ring (bicyclic) bond motifs is 1. The van der Waals surface area contributed by atoms with Crippen molar-refractivity contribution in [2.24, 2.45) is 0 Å². The molecule has 0 unspecified atom stereocenters. The van der Waals surface area contributed by atoms with Crippen LogP contribution in [0, 0.1) is 17.5 Å². The second-order valence-electron chi connectivity index (χ2n) is 6.75. The second-order valence-corrected chi connectivity index (χ2v) is 7.16. The van der Waals surface area contributed by atoms with Crippen molar-refractivity contribution in [3.05, 3.63) is 76.1 Å². The van der Waals surface area contributed by atoms with Gasteiger partial charge in [0.15, 0.2) is 0 Å². The summed E-state index contributed by atoms with van der Waals surface area (Å²) in [4.78, 5) is 0. The Morgan fingerprint density at radius 3 is 2.28 bits per heavy atom. The van der Waals surface area contributed by atoms with Crippen LogP contribution in [0.1, 0.15) is 37.3 Å². The summed E-state index contributed by atoms with van der Waals surface area (Å²) in [6.07, 6.45) is -1.35. The molecule has 3 aromatic rings. The van der Waals surface area contributed by atoms with Gasteiger partial charge in [0.1, 0.15) is 28.8 Å². The third kappa shape index (κ3) is 4.64. The molecule has 3 aromatic carbocycles. The molecule has 0 N–H and O–H groups in total. The molecule has 0 radical (unpaired) electrons. The molecule has 0 bridgehead atoms. The third-order valence-corrected chi connectivity index (χ3v) is 4.88. The first kappa shape index (κ1) is 21.4. The van der Waals surface area contributed by atoms with E-state index in [1.807, 2.05) is 6.92 Å². The van der Waals surface area contributed by atoms with Gasteiger partial charge in [-0.25, -0.2) is 13.2 Å². The molecular formula is C22H18ClF5O. The molecule has 0 saturated heterocycles. The average molecular weight is 429 g/mol. The minimum absolute atomic E-state index is 0.111. The molecular weight excluding hydrogens is 411 g/mol. The van der Waals surface area contributed by atoms with Crippen LogP contribution in [0.4, 0.5) is 22.0 Å². The van der Waals surface area contributed by atoms with Crippen LogP contribution in [0.3, 0.4) is 0 Å². The smallest absolute Gasteiger partial charge is 0.429 e. The van der Waals surface area contributed by atoms with E-state index in [1.165, 1.54) is 18.2 Å². The Balaban J connectivity index is 1.89. The van der Waals surface area contributed by atoms with Crippen molar-refractivity contribution < 1.29 is 26.7 Å². The first-order valence-corrected chi connectivity index (χ1v) is 9.53. The SMILES string of the molecule is CCCCCc1cc(F)c(C(F)(F)Oc2ccc3c(F)c(Cl)ccc3c2)c(F)c1. The van der Waals surface area contributed by atoms with Crippen LogP contribution < -0.4 is 4.74 Å². The summed E-state index contributed by atoms with van der Waals surface area (Å²) in [7, 11) is 0. The van der Waals surface area contributed by atoms with Crippen molar-refractivity contribution in [3.8, 4) is 5.75 Å². The molecule has 0 fully saturated rings. The Hall–Kier alpha value is -2.34. The Kier molecular flexibility index (Phi) is 6.32. The van der Waals surface area contributed by atoms with E-state index in [-0.39, 0.29) is 21.5 Å². The predicted octanol–water partition coefficient (Wildman–Crippen LogP) is 7.77. The zero-order chi connectivity index (χ0) is 21.2. The summed E-state index contributed by atoms with van der Waals surface area (Å²) in [5, 5.41) is 0.258. The first-order valence-electron chi connectivity index (χ1n) is 9.16. The van der Waals surface area contributed by atoms with Gasteiger partial charge in [0.25, 0.3) is 0 Å². The molecule has 0 atom stereocenters. The summed E-state index contributed by atoms with van der Waals surface area (Å²) in [6, 6.07) is 7.97. The van der Waals surface area contributed by atoms with E-state index in [2.05, 4.69) is 4.74 Å². The summed E-state index contributed by atoms with van der Waals surface area (Å²) >= 11 is 5.69. The number of halogens is 6. The molecule has 3 rings (SSSR count). The summed E-state index contributed by atoms with van der Waals surface area (Å²) in [6.45, 7) is 1.98. The molecule has 154 valence electrons. The van der Waals surface area contributed by atoms with Gasteiger partial charge < -0.3 is 4.74 Å². The highest BCUT2D eigenvalue weighted by molar-refractivity contribution is 6.31. The largest absolute Gasteiger partial charge is 0.432 e. The van der Waals surface area contributed by atoms with Gasteiger partial charge in [-0.15, -0.1) is 0 Å². The number of unbranched alkanes of at least 4 members (excludes halogenated alkanes) is 2. The molecule has 0 amide bonds. The van der Waals surface area contributed by atoms with Gasteiger partial charge in [-0.1, -0.05) is 37.4 Å². The zero-order valence-electron chi connectivity index (χ0n) is 15.5. The number of alkyl halides is 2. The van der Waals surface area contributed by atoms with Crippen molar-refractivity contribution in [1.29, 1.82) is 0 Å². The van der Waals surface area contributed by atoms with Crippen LogP contribution in [0.15, 0.2) is 42.5 Å². The molecule has 0 saturated carbocycles. The number of ether oxygens (including phenoxy) is 1. The number of rotatable bonds is 7. The summed E-state index contributed by atoms with van der Waals surface area (Å²) < 4.78 is 76.3. The van der Waals surface area contributed by atoms with Crippen LogP contribution in [0.25, 0.3) is 10.8 Å². The van der Waals surface area contributed by atoms with Gasteiger partial charge in [0.2, 0.25) is 0 Å². The monoisotopic (exact) mass is 428 g/mol. The maximum Gasteiger partial charge on any atom is 0.432 e. The lowest BCUT2D eigenvalue weighted by atomic mass is 10.0. The Morgan fingerprint density at radius 2 is 1.62 bits per heavy atom.